The number of nitrogens with zero attached hydrogens (tertiary/aromatic N) is 1. The van der Waals surface area contributed by atoms with Crippen LogP contribution in [0.3, 0.4) is 0 Å². The molecular weight excluding hydrogens is 242 g/mol. The zero-order valence-electron chi connectivity index (χ0n) is 11.2. The zero-order chi connectivity index (χ0) is 14.0. The molecule has 2 rings (SSSR count). The molecule has 102 valence electrons. The number of carboxylic acids is 1. The number of Topliss-reactive ketones (excluding diaryl/α,β-unsaturated/α-hetero) is 1. The van der Waals surface area contributed by atoms with Crippen LogP contribution in [0.5, 0.6) is 0 Å². The highest BCUT2D eigenvalue weighted by molar-refractivity contribution is 5.99. The highest BCUT2D eigenvalue weighted by Gasteiger charge is 2.38. The third kappa shape index (κ3) is 2.84. The molecule has 0 aliphatic carbocycles. The molecular formula is C15H19NO3. The first-order chi connectivity index (χ1) is 9.00. The van der Waals surface area contributed by atoms with Crippen molar-refractivity contribution in [2.45, 2.75) is 32.4 Å². The Hall–Kier alpha value is -1.68. The van der Waals surface area contributed by atoms with E-state index in [0.29, 0.717) is 6.42 Å². The van der Waals surface area contributed by atoms with E-state index in [2.05, 4.69) is 11.8 Å². The number of ketones is 1. The molecule has 3 atom stereocenters. The quantitative estimate of drug-likeness (QED) is 0.847. The van der Waals surface area contributed by atoms with Crippen molar-refractivity contribution in [1.29, 1.82) is 0 Å². The average Bonchev–Trinajstić information content (AvgIpc) is 2.41. The van der Waals surface area contributed by atoms with Crippen LogP contribution in [0.25, 0.3) is 0 Å². The summed E-state index contributed by atoms with van der Waals surface area (Å²) in [6, 6.07) is 10.2. The predicted octanol–water partition coefficient (Wildman–Crippen LogP) is 2.11. The fourth-order valence-corrected chi connectivity index (χ4v) is 2.73. The molecule has 1 aliphatic heterocycles. The van der Waals surface area contributed by atoms with E-state index in [4.69, 9.17) is 5.11 Å². The number of benzene rings is 1. The molecule has 0 bridgehead atoms. The Morgan fingerprint density at radius 2 is 2.00 bits per heavy atom. The van der Waals surface area contributed by atoms with Crippen molar-refractivity contribution in [3.05, 3.63) is 35.9 Å². The van der Waals surface area contributed by atoms with E-state index < -0.39 is 11.9 Å². The SMILES string of the molecule is CC1CC(C(=O)O)C(=O)CN1[C@@H](C)c1ccccc1. The van der Waals surface area contributed by atoms with Gasteiger partial charge in [0.2, 0.25) is 0 Å². The molecule has 1 fully saturated rings. The van der Waals surface area contributed by atoms with E-state index in [-0.39, 0.29) is 24.4 Å². The lowest BCUT2D eigenvalue weighted by atomic mass is 9.88. The highest BCUT2D eigenvalue weighted by atomic mass is 16.4. The van der Waals surface area contributed by atoms with Gasteiger partial charge < -0.3 is 5.11 Å². The topological polar surface area (TPSA) is 57.6 Å². The van der Waals surface area contributed by atoms with E-state index in [1.165, 1.54) is 0 Å². The second-order valence-electron chi connectivity index (χ2n) is 5.20. The van der Waals surface area contributed by atoms with E-state index in [1.54, 1.807) is 0 Å². The standard InChI is InChI=1S/C15H19NO3/c1-10-8-13(15(18)19)14(17)9-16(10)11(2)12-6-4-3-5-7-12/h3-7,10-11,13H,8-9H2,1-2H3,(H,18,19)/t10?,11-,13?/m0/s1. The normalized spacial score (nSPS) is 26.1. The number of carbonyl (C=O) groups excluding carboxylic acids is 1. The van der Waals surface area contributed by atoms with E-state index >= 15 is 0 Å². The van der Waals surface area contributed by atoms with Crippen LogP contribution in [0.15, 0.2) is 30.3 Å². The summed E-state index contributed by atoms with van der Waals surface area (Å²) in [5.74, 6) is -2.02. The monoisotopic (exact) mass is 261 g/mol. The largest absolute Gasteiger partial charge is 0.481 e. The van der Waals surface area contributed by atoms with Crippen molar-refractivity contribution in [2.24, 2.45) is 5.92 Å². The van der Waals surface area contributed by atoms with Gasteiger partial charge in [-0.1, -0.05) is 30.3 Å². The minimum Gasteiger partial charge on any atom is -0.481 e. The van der Waals surface area contributed by atoms with E-state index in [1.807, 2.05) is 37.3 Å². The molecule has 1 aromatic rings. The Bertz CT molecular complexity index is 472. The summed E-state index contributed by atoms with van der Waals surface area (Å²) in [6.07, 6.45) is 0.394. The van der Waals surface area contributed by atoms with Gasteiger partial charge in [0.15, 0.2) is 5.78 Å². The Morgan fingerprint density at radius 1 is 1.37 bits per heavy atom. The minimum absolute atomic E-state index is 0.0917. The maximum Gasteiger partial charge on any atom is 0.314 e. The van der Waals surface area contributed by atoms with Gasteiger partial charge in [0.25, 0.3) is 0 Å². The molecule has 4 heteroatoms. The number of hydrogen-bond acceptors (Lipinski definition) is 3. The second kappa shape index (κ2) is 5.53. The van der Waals surface area contributed by atoms with Crippen LogP contribution in [0.4, 0.5) is 0 Å². The van der Waals surface area contributed by atoms with Gasteiger partial charge in [0, 0.05) is 12.1 Å². The maximum atomic E-state index is 11.9. The van der Waals surface area contributed by atoms with Gasteiger partial charge in [-0.2, -0.15) is 0 Å². The molecule has 1 heterocycles. The Kier molecular flexibility index (Phi) is 4.00. The Balaban J connectivity index is 2.14. The molecule has 0 radical (unpaired) electrons. The summed E-state index contributed by atoms with van der Waals surface area (Å²) in [6.45, 7) is 4.26. The third-order valence-electron chi connectivity index (χ3n) is 3.95. The van der Waals surface area contributed by atoms with Crippen LogP contribution in [0.2, 0.25) is 0 Å². The number of aliphatic carboxylic acids is 1. The first-order valence-corrected chi connectivity index (χ1v) is 6.57. The molecule has 0 amide bonds. The number of carboxylic acid groups (broad SMARTS) is 1. The molecule has 0 spiro atoms. The van der Waals surface area contributed by atoms with Crippen molar-refractivity contribution in [1.82, 2.24) is 4.90 Å². The summed E-state index contributed by atoms with van der Waals surface area (Å²) in [7, 11) is 0. The fourth-order valence-electron chi connectivity index (χ4n) is 2.73. The summed E-state index contributed by atoms with van der Waals surface area (Å²) in [4.78, 5) is 25.0. The van der Waals surface area contributed by atoms with Gasteiger partial charge in [-0.25, -0.2) is 0 Å². The minimum atomic E-state index is -0.996. The van der Waals surface area contributed by atoms with Crippen LogP contribution >= 0.6 is 0 Å². The summed E-state index contributed by atoms with van der Waals surface area (Å²) in [5, 5.41) is 9.03. The van der Waals surface area contributed by atoms with Gasteiger partial charge >= 0.3 is 5.97 Å². The molecule has 4 nitrogen and oxygen atoms in total. The van der Waals surface area contributed by atoms with Gasteiger partial charge in [-0.15, -0.1) is 0 Å². The number of rotatable bonds is 3. The number of hydrogen-bond donors (Lipinski definition) is 1. The summed E-state index contributed by atoms with van der Waals surface area (Å²) >= 11 is 0. The average molecular weight is 261 g/mol. The van der Waals surface area contributed by atoms with Crippen LogP contribution < -0.4 is 0 Å². The van der Waals surface area contributed by atoms with Gasteiger partial charge in [-0.05, 0) is 25.8 Å². The Labute approximate surface area is 113 Å². The number of carbonyl (C=O) groups is 2. The first kappa shape index (κ1) is 13.7. The Morgan fingerprint density at radius 3 is 2.58 bits per heavy atom. The van der Waals surface area contributed by atoms with E-state index in [0.717, 1.165) is 5.56 Å². The summed E-state index contributed by atoms with van der Waals surface area (Å²) < 4.78 is 0. The van der Waals surface area contributed by atoms with Gasteiger partial charge in [0.1, 0.15) is 5.92 Å². The second-order valence-corrected chi connectivity index (χ2v) is 5.20. The van der Waals surface area contributed by atoms with Crippen LogP contribution in [0, 0.1) is 5.92 Å². The predicted molar refractivity (Wildman–Crippen MR) is 71.8 cm³/mol. The van der Waals surface area contributed by atoms with Crippen molar-refractivity contribution >= 4 is 11.8 Å². The molecule has 0 aromatic heterocycles. The number of piperidine rings is 1. The molecule has 1 aromatic carbocycles. The van der Waals surface area contributed by atoms with E-state index in [9.17, 15) is 9.59 Å². The number of likely N-dealkylation sites (tertiary alicyclic amines) is 1. The lowest BCUT2D eigenvalue weighted by Gasteiger charge is -2.39. The molecule has 2 unspecified atom stereocenters. The van der Waals surface area contributed by atoms with Crippen LogP contribution in [0.1, 0.15) is 31.9 Å². The van der Waals surface area contributed by atoms with Crippen LogP contribution in [-0.4, -0.2) is 34.3 Å². The third-order valence-corrected chi connectivity index (χ3v) is 3.95. The van der Waals surface area contributed by atoms with Crippen molar-refractivity contribution in [3.8, 4) is 0 Å². The smallest absolute Gasteiger partial charge is 0.314 e. The molecule has 1 N–H and O–H groups in total. The van der Waals surface area contributed by atoms with Gasteiger partial charge in [0.05, 0.1) is 6.54 Å². The lowest BCUT2D eigenvalue weighted by Crippen LogP contribution is -2.49. The van der Waals surface area contributed by atoms with Gasteiger partial charge in [-0.3, -0.25) is 14.5 Å². The van der Waals surface area contributed by atoms with Crippen molar-refractivity contribution < 1.29 is 14.7 Å². The molecule has 1 aliphatic rings. The maximum absolute atomic E-state index is 11.9. The molecule has 1 saturated heterocycles. The fraction of sp³-hybridized carbons (Fsp3) is 0.467. The molecule has 0 saturated carbocycles. The zero-order valence-corrected chi connectivity index (χ0v) is 11.2. The summed E-state index contributed by atoms with van der Waals surface area (Å²) in [5.41, 5.74) is 1.15. The highest BCUT2D eigenvalue weighted by Crippen LogP contribution is 2.29. The molecule has 19 heavy (non-hydrogen) atoms. The van der Waals surface area contributed by atoms with Crippen LogP contribution in [-0.2, 0) is 9.59 Å². The van der Waals surface area contributed by atoms with Crippen molar-refractivity contribution in [2.75, 3.05) is 6.54 Å². The van der Waals surface area contributed by atoms with Crippen molar-refractivity contribution in [3.63, 3.8) is 0 Å². The lowest BCUT2D eigenvalue weighted by molar-refractivity contribution is -0.150. The first-order valence-electron chi connectivity index (χ1n) is 6.57.